The summed E-state index contributed by atoms with van der Waals surface area (Å²) in [5.74, 6) is 1.23. The van der Waals surface area contributed by atoms with Crippen LogP contribution in [0.15, 0.2) is 63.7 Å². The average molecular weight is 309 g/mol. The van der Waals surface area contributed by atoms with Crippen LogP contribution in [0, 0.1) is 0 Å². The Kier molecular flexibility index (Phi) is 4.63. The fourth-order valence-electron chi connectivity index (χ4n) is 1.95. The molecule has 0 saturated heterocycles. The Bertz CT molecular complexity index is 777. The van der Waals surface area contributed by atoms with Crippen LogP contribution in [0.2, 0.25) is 0 Å². The van der Waals surface area contributed by atoms with Gasteiger partial charge in [0.05, 0.1) is 6.26 Å². The zero-order valence-electron chi connectivity index (χ0n) is 12.3. The largest absolute Gasteiger partial charge is 0.461 e. The highest BCUT2D eigenvalue weighted by Gasteiger charge is 2.10. The minimum atomic E-state index is -0.167. The highest BCUT2D eigenvalue weighted by molar-refractivity contribution is 5.91. The van der Waals surface area contributed by atoms with Gasteiger partial charge in [0.25, 0.3) is 0 Å². The maximum absolute atomic E-state index is 11.7. The number of nitrogens with one attached hydrogen (secondary N) is 1. The Morgan fingerprint density at radius 3 is 2.83 bits per heavy atom. The van der Waals surface area contributed by atoms with Crippen LogP contribution in [0.25, 0.3) is 17.7 Å². The number of amides is 1. The topological polar surface area (TPSA) is 81.2 Å². The predicted octanol–water partition coefficient (Wildman–Crippen LogP) is 2.70. The number of furan rings is 1. The van der Waals surface area contributed by atoms with Gasteiger partial charge in [-0.05, 0) is 23.8 Å². The Labute approximate surface area is 132 Å². The van der Waals surface area contributed by atoms with Gasteiger partial charge in [-0.2, -0.15) is 4.98 Å². The molecule has 3 rings (SSSR count). The minimum absolute atomic E-state index is 0.167. The fraction of sp³-hybridized carbons (Fsp3) is 0.118. The first-order valence-corrected chi connectivity index (χ1v) is 7.19. The number of hydrogen-bond donors (Lipinski definition) is 1. The van der Waals surface area contributed by atoms with E-state index in [1.807, 2.05) is 30.3 Å². The van der Waals surface area contributed by atoms with E-state index in [-0.39, 0.29) is 5.91 Å². The van der Waals surface area contributed by atoms with E-state index in [1.54, 1.807) is 24.5 Å². The van der Waals surface area contributed by atoms with E-state index in [4.69, 9.17) is 8.94 Å². The fourth-order valence-corrected chi connectivity index (χ4v) is 1.95. The van der Waals surface area contributed by atoms with Crippen molar-refractivity contribution in [1.82, 2.24) is 15.5 Å². The third-order valence-electron chi connectivity index (χ3n) is 3.07. The lowest BCUT2D eigenvalue weighted by molar-refractivity contribution is -0.116. The van der Waals surface area contributed by atoms with Crippen LogP contribution in [-0.2, 0) is 11.2 Å². The Morgan fingerprint density at radius 2 is 2.04 bits per heavy atom. The molecular formula is C17H15N3O3. The van der Waals surface area contributed by atoms with E-state index < -0.39 is 0 Å². The molecule has 0 bridgehead atoms. The van der Waals surface area contributed by atoms with Crippen molar-refractivity contribution >= 4 is 12.0 Å². The van der Waals surface area contributed by atoms with Crippen LogP contribution in [-0.4, -0.2) is 22.6 Å². The van der Waals surface area contributed by atoms with Crippen molar-refractivity contribution in [3.63, 3.8) is 0 Å². The van der Waals surface area contributed by atoms with Crippen molar-refractivity contribution in [2.24, 2.45) is 0 Å². The van der Waals surface area contributed by atoms with Crippen LogP contribution in [0.4, 0.5) is 0 Å². The normalized spacial score (nSPS) is 11.0. The number of aromatic nitrogens is 2. The van der Waals surface area contributed by atoms with Gasteiger partial charge in [0.1, 0.15) is 0 Å². The summed E-state index contributed by atoms with van der Waals surface area (Å²) in [4.78, 5) is 15.9. The first kappa shape index (κ1) is 14.8. The van der Waals surface area contributed by atoms with E-state index in [0.29, 0.717) is 30.4 Å². The number of benzene rings is 1. The van der Waals surface area contributed by atoms with Crippen LogP contribution >= 0.6 is 0 Å². The monoisotopic (exact) mass is 309 g/mol. The molecule has 0 aliphatic carbocycles. The lowest BCUT2D eigenvalue weighted by Crippen LogP contribution is -2.23. The molecule has 1 amide bonds. The van der Waals surface area contributed by atoms with Gasteiger partial charge in [-0.25, -0.2) is 0 Å². The third kappa shape index (κ3) is 4.16. The first-order valence-electron chi connectivity index (χ1n) is 7.19. The molecular weight excluding hydrogens is 294 g/mol. The van der Waals surface area contributed by atoms with Crippen molar-refractivity contribution in [3.05, 3.63) is 66.3 Å². The molecule has 6 heteroatoms. The Morgan fingerprint density at radius 1 is 1.17 bits per heavy atom. The van der Waals surface area contributed by atoms with Gasteiger partial charge in [0.2, 0.25) is 17.6 Å². The van der Waals surface area contributed by atoms with Gasteiger partial charge in [-0.15, -0.1) is 0 Å². The molecule has 0 fully saturated rings. The van der Waals surface area contributed by atoms with Gasteiger partial charge in [-0.1, -0.05) is 35.5 Å². The third-order valence-corrected chi connectivity index (χ3v) is 3.07. The average Bonchev–Trinajstić information content (AvgIpc) is 3.25. The lowest BCUT2D eigenvalue weighted by atomic mass is 10.2. The summed E-state index contributed by atoms with van der Waals surface area (Å²) in [6.45, 7) is 0.414. The SMILES string of the molecule is O=C(/C=C/c1ccccc1)NCCc1nc(-c2ccco2)no1. The van der Waals surface area contributed by atoms with E-state index >= 15 is 0 Å². The van der Waals surface area contributed by atoms with Crippen molar-refractivity contribution < 1.29 is 13.7 Å². The smallest absolute Gasteiger partial charge is 0.244 e. The molecule has 0 saturated carbocycles. The highest BCUT2D eigenvalue weighted by atomic mass is 16.5. The highest BCUT2D eigenvalue weighted by Crippen LogP contribution is 2.15. The molecule has 0 aliphatic heterocycles. The molecule has 6 nitrogen and oxygen atoms in total. The zero-order chi connectivity index (χ0) is 15.9. The second-order valence-corrected chi connectivity index (χ2v) is 4.77. The number of carbonyl (C=O) groups excluding carboxylic acids is 1. The lowest BCUT2D eigenvalue weighted by Gasteiger charge is -1.98. The quantitative estimate of drug-likeness (QED) is 0.708. The molecule has 2 heterocycles. The predicted molar refractivity (Wildman–Crippen MR) is 84.2 cm³/mol. The van der Waals surface area contributed by atoms with Crippen LogP contribution in [0.1, 0.15) is 11.5 Å². The van der Waals surface area contributed by atoms with Gasteiger partial charge in [-0.3, -0.25) is 4.79 Å². The molecule has 1 aromatic carbocycles. The molecule has 0 spiro atoms. The molecule has 0 aliphatic rings. The van der Waals surface area contributed by atoms with Crippen molar-refractivity contribution in [1.29, 1.82) is 0 Å². The standard InChI is InChI=1S/C17H15N3O3/c21-15(9-8-13-5-2-1-3-6-13)18-11-10-16-19-17(20-23-16)14-7-4-12-22-14/h1-9,12H,10-11H2,(H,18,21)/b9-8+. The van der Waals surface area contributed by atoms with E-state index in [9.17, 15) is 4.79 Å². The summed E-state index contributed by atoms with van der Waals surface area (Å²) in [5.41, 5.74) is 0.975. The zero-order valence-corrected chi connectivity index (χ0v) is 12.3. The van der Waals surface area contributed by atoms with E-state index in [0.717, 1.165) is 5.56 Å². The van der Waals surface area contributed by atoms with Crippen molar-refractivity contribution in [3.8, 4) is 11.6 Å². The summed E-state index contributed by atoms with van der Waals surface area (Å²) >= 11 is 0. The van der Waals surface area contributed by atoms with Gasteiger partial charge in [0, 0.05) is 19.0 Å². The van der Waals surface area contributed by atoms with E-state index in [2.05, 4.69) is 15.5 Å². The second-order valence-electron chi connectivity index (χ2n) is 4.77. The summed E-state index contributed by atoms with van der Waals surface area (Å²) in [5, 5.41) is 6.59. The molecule has 0 radical (unpaired) electrons. The molecule has 1 N–H and O–H groups in total. The van der Waals surface area contributed by atoms with Gasteiger partial charge in [0.15, 0.2) is 5.76 Å². The second kappa shape index (κ2) is 7.22. The van der Waals surface area contributed by atoms with Crippen LogP contribution in [0.5, 0.6) is 0 Å². The molecule has 2 aromatic heterocycles. The number of nitrogens with zero attached hydrogens (tertiary/aromatic N) is 2. The molecule has 3 aromatic rings. The van der Waals surface area contributed by atoms with E-state index in [1.165, 1.54) is 6.08 Å². The molecule has 23 heavy (non-hydrogen) atoms. The maximum atomic E-state index is 11.7. The number of rotatable bonds is 6. The summed E-state index contributed by atoms with van der Waals surface area (Å²) in [6, 6.07) is 13.1. The maximum Gasteiger partial charge on any atom is 0.244 e. The summed E-state index contributed by atoms with van der Waals surface area (Å²) in [7, 11) is 0. The summed E-state index contributed by atoms with van der Waals surface area (Å²) < 4.78 is 10.3. The van der Waals surface area contributed by atoms with Crippen molar-refractivity contribution in [2.45, 2.75) is 6.42 Å². The number of hydrogen-bond acceptors (Lipinski definition) is 5. The minimum Gasteiger partial charge on any atom is -0.461 e. The van der Waals surface area contributed by atoms with Crippen molar-refractivity contribution in [2.75, 3.05) is 6.54 Å². The van der Waals surface area contributed by atoms with Gasteiger partial charge < -0.3 is 14.3 Å². The first-order chi connectivity index (χ1) is 11.3. The van der Waals surface area contributed by atoms with Crippen LogP contribution in [0.3, 0.4) is 0 Å². The molecule has 0 atom stereocenters. The number of carbonyl (C=O) groups is 1. The van der Waals surface area contributed by atoms with Crippen LogP contribution < -0.4 is 5.32 Å². The summed E-state index contributed by atoms with van der Waals surface area (Å²) in [6.07, 6.45) is 5.26. The molecule has 0 unspecified atom stereocenters. The van der Waals surface area contributed by atoms with Gasteiger partial charge >= 0.3 is 0 Å². The Balaban J connectivity index is 1.46. The molecule has 116 valence electrons. The Hall–Kier alpha value is -3.15.